The second-order valence-corrected chi connectivity index (χ2v) is 7.39. The van der Waals surface area contributed by atoms with E-state index in [1.807, 2.05) is 45.8 Å². The van der Waals surface area contributed by atoms with Gasteiger partial charge in [0.15, 0.2) is 18.1 Å². The summed E-state index contributed by atoms with van der Waals surface area (Å²) in [5, 5.41) is 11.4. The molecule has 1 fully saturated rings. The molecule has 2 aliphatic heterocycles. The van der Waals surface area contributed by atoms with Gasteiger partial charge in [0.1, 0.15) is 5.75 Å². The lowest BCUT2D eigenvalue weighted by Crippen LogP contribution is -2.35. The molecule has 8 nitrogen and oxygen atoms in total. The van der Waals surface area contributed by atoms with Gasteiger partial charge in [0, 0.05) is 24.8 Å². The maximum atomic E-state index is 12.9. The highest BCUT2D eigenvalue weighted by Crippen LogP contribution is 2.31. The van der Waals surface area contributed by atoms with E-state index in [9.17, 15) is 9.59 Å². The molecule has 148 valence electrons. The molecule has 2 aliphatic rings. The number of rotatable bonds is 4. The molecule has 1 unspecified atom stereocenters. The summed E-state index contributed by atoms with van der Waals surface area (Å²) in [5.41, 5.74) is 2.63. The molecule has 1 atom stereocenters. The van der Waals surface area contributed by atoms with Gasteiger partial charge in [-0.1, -0.05) is 6.07 Å². The fourth-order valence-electron chi connectivity index (χ4n) is 4.10. The quantitative estimate of drug-likeness (QED) is 0.738. The molecule has 29 heavy (non-hydrogen) atoms. The second kappa shape index (κ2) is 7.20. The average Bonchev–Trinajstić information content (AvgIpc) is 3.38. The largest absolute Gasteiger partial charge is 0.484 e. The molecule has 2 aromatic heterocycles. The van der Waals surface area contributed by atoms with Crippen LogP contribution in [0.4, 0.5) is 5.69 Å². The number of aryl methyl sites for hydroxylation is 1. The minimum Gasteiger partial charge on any atom is -0.484 e. The lowest BCUT2D eigenvalue weighted by molar-refractivity contribution is -0.134. The van der Waals surface area contributed by atoms with E-state index in [1.54, 1.807) is 6.07 Å². The Kier molecular flexibility index (Phi) is 4.38. The van der Waals surface area contributed by atoms with Crippen LogP contribution in [0.3, 0.4) is 0 Å². The van der Waals surface area contributed by atoms with Crippen LogP contribution in [0.15, 0.2) is 42.6 Å². The first-order valence-corrected chi connectivity index (χ1v) is 9.84. The van der Waals surface area contributed by atoms with Gasteiger partial charge in [-0.15, -0.1) is 10.2 Å². The van der Waals surface area contributed by atoms with Crippen LogP contribution in [0.5, 0.6) is 5.75 Å². The lowest BCUT2D eigenvalue weighted by Gasteiger charge is -2.24. The minimum atomic E-state index is -0.0951. The summed E-state index contributed by atoms with van der Waals surface area (Å²) in [5.74, 6) is 1.39. The third-order valence-electron chi connectivity index (χ3n) is 5.55. The van der Waals surface area contributed by atoms with E-state index >= 15 is 0 Å². The van der Waals surface area contributed by atoms with Gasteiger partial charge in [0.25, 0.3) is 5.91 Å². The number of carbonyl (C=O) groups is 2. The molecule has 1 N–H and O–H groups in total. The Morgan fingerprint density at radius 1 is 1.21 bits per heavy atom. The Morgan fingerprint density at radius 3 is 3.07 bits per heavy atom. The Bertz CT molecular complexity index is 1090. The molecule has 2 amide bonds. The van der Waals surface area contributed by atoms with Crippen molar-refractivity contribution in [2.45, 2.75) is 31.7 Å². The number of anilines is 1. The van der Waals surface area contributed by atoms with Gasteiger partial charge < -0.3 is 15.0 Å². The average molecular weight is 391 g/mol. The minimum absolute atomic E-state index is 0.0294. The number of pyridine rings is 1. The molecule has 0 aliphatic carbocycles. The van der Waals surface area contributed by atoms with Crippen LogP contribution in [-0.2, 0) is 16.0 Å². The van der Waals surface area contributed by atoms with E-state index in [0.29, 0.717) is 25.1 Å². The number of fused-ring (bicyclic) bond motifs is 2. The topological polar surface area (TPSA) is 88.8 Å². The number of hydrogen-bond donors (Lipinski definition) is 1. The van der Waals surface area contributed by atoms with Gasteiger partial charge >= 0.3 is 0 Å². The van der Waals surface area contributed by atoms with E-state index in [2.05, 4.69) is 15.5 Å². The molecule has 3 aromatic rings. The molecular weight excluding hydrogens is 370 g/mol. The molecule has 0 spiro atoms. The van der Waals surface area contributed by atoms with Gasteiger partial charge in [-0.05, 0) is 55.2 Å². The van der Waals surface area contributed by atoms with Crippen molar-refractivity contribution < 1.29 is 14.3 Å². The third-order valence-corrected chi connectivity index (χ3v) is 5.55. The first-order chi connectivity index (χ1) is 14.2. The molecular formula is C21H21N5O3. The van der Waals surface area contributed by atoms with Crippen molar-refractivity contribution >= 4 is 23.1 Å². The lowest BCUT2D eigenvalue weighted by atomic mass is 10.0. The van der Waals surface area contributed by atoms with Crippen molar-refractivity contribution in [3.63, 3.8) is 0 Å². The van der Waals surface area contributed by atoms with Crippen molar-refractivity contribution in [1.29, 1.82) is 0 Å². The Labute approximate surface area is 167 Å². The van der Waals surface area contributed by atoms with E-state index in [-0.39, 0.29) is 24.5 Å². The monoisotopic (exact) mass is 391 g/mol. The number of ether oxygens (including phenoxy) is 1. The maximum absolute atomic E-state index is 12.9. The number of aromatic nitrogens is 3. The maximum Gasteiger partial charge on any atom is 0.261 e. The van der Waals surface area contributed by atoms with Crippen LogP contribution in [0, 0.1) is 0 Å². The number of carbonyl (C=O) groups excluding carboxylic acids is 2. The van der Waals surface area contributed by atoms with Crippen LogP contribution in [0.2, 0.25) is 0 Å². The van der Waals surface area contributed by atoms with Crippen LogP contribution < -0.4 is 10.1 Å². The summed E-state index contributed by atoms with van der Waals surface area (Å²) >= 11 is 0. The molecule has 5 rings (SSSR count). The normalized spacial score (nSPS) is 18.6. The summed E-state index contributed by atoms with van der Waals surface area (Å²) in [6, 6.07) is 11.2. The van der Waals surface area contributed by atoms with Crippen LogP contribution in [-0.4, -0.2) is 44.5 Å². The Hall–Kier alpha value is -3.42. The van der Waals surface area contributed by atoms with Gasteiger partial charge in [0.05, 0.1) is 6.04 Å². The summed E-state index contributed by atoms with van der Waals surface area (Å²) in [7, 11) is 0. The highest BCUT2D eigenvalue weighted by molar-refractivity contribution is 5.94. The highest BCUT2D eigenvalue weighted by Gasteiger charge is 2.33. The van der Waals surface area contributed by atoms with Gasteiger partial charge in [-0.3, -0.25) is 14.0 Å². The number of amides is 2. The number of benzene rings is 1. The van der Waals surface area contributed by atoms with Crippen molar-refractivity contribution in [3.05, 3.63) is 54.0 Å². The highest BCUT2D eigenvalue weighted by atomic mass is 16.5. The molecule has 4 heterocycles. The zero-order valence-corrected chi connectivity index (χ0v) is 15.9. The molecule has 0 radical (unpaired) electrons. The predicted octanol–water partition coefficient (Wildman–Crippen LogP) is 2.36. The fourth-order valence-corrected chi connectivity index (χ4v) is 4.10. The van der Waals surface area contributed by atoms with Crippen LogP contribution in [0.25, 0.3) is 5.65 Å². The summed E-state index contributed by atoms with van der Waals surface area (Å²) in [6.45, 7) is 0.656. The summed E-state index contributed by atoms with van der Waals surface area (Å²) in [4.78, 5) is 26.2. The van der Waals surface area contributed by atoms with Crippen LogP contribution >= 0.6 is 0 Å². The first-order valence-electron chi connectivity index (χ1n) is 9.84. The number of likely N-dealkylation sites (tertiary alicyclic amines) is 1. The summed E-state index contributed by atoms with van der Waals surface area (Å²) < 4.78 is 7.72. The van der Waals surface area contributed by atoms with Crippen molar-refractivity contribution in [2.24, 2.45) is 0 Å². The van der Waals surface area contributed by atoms with Crippen LogP contribution in [0.1, 0.15) is 36.7 Å². The third kappa shape index (κ3) is 3.30. The van der Waals surface area contributed by atoms with Crippen molar-refractivity contribution in [2.75, 3.05) is 18.5 Å². The zero-order chi connectivity index (χ0) is 19.8. The predicted molar refractivity (Wildman–Crippen MR) is 106 cm³/mol. The summed E-state index contributed by atoms with van der Waals surface area (Å²) in [6.07, 6.45) is 4.86. The molecule has 1 saturated heterocycles. The van der Waals surface area contributed by atoms with Crippen molar-refractivity contribution in [3.8, 4) is 5.75 Å². The van der Waals surface area contributed by atoms with E-state index < -0.39 is 0 Å². The number of nitrogens with one attached hydrogen (secondary N) is 1. The molecule has 1 aromatic carbocycles. The fraction of sp³-hybridized carbons (Fsp3) is 0.333. The molecule has 0 saturated carbocycles. The molecule has 8 heteroatoms. The van der Waals surface area contributed by atoms with Gasteiger partial charge in [-0.25, -0.2) is 0 Å². The van der Waals surface area contributed by atoms with E-state index in [0.717, 1.165) is 35.6 Å². The van der Waals surface area contributed by atoms with E-state index in [4.69, 9.17) is 4.74 Å². The first kappa shape index (κ1) is 17.7. The number of hydrogen-bond acceptors (Lipinski definition) is 5. The smallest absolute Gasteiger partial charge is 0.261 e. The standard InChI is InChI=1S/C21H21N5O3/c27-19-9-6-14-12-15(7-8-16(14)22-19)29-13-20(28)25-11-3-4-17(25)21-24-23-18-5-1-2-10-26(18)21/h1-2,5,7-8,10,12,17H,3-4,6,9,11,13H2,(H,22,27). The zero-order valence-electron chi connectivity index (χ0n) is 15.9. The number of nitrogens with zero attached hydrogens (tertiary/aromatic N) is 4. The molecule has 0 bridgehead atoms. The Morgan fingerprint density at radius 2 is 2.14 bits per heavy atom. The Balaban J connectivity index is 1.29. The van der Waals surface area contributed by atoms with Gasteiger partial charge in [0.2, 0.25) is 5.91 Å². The van der Waals surface area contributed by atoms with Crippen molar-refractivity contribution in [1.82, 2.24) is 19.5 Å². The van der Waals surface area contributed by atoms with E-state index in [1.165, 1.54) is 0 Å². The SMILES string of the molecule is O=C1CCc2cc(OCC(=O)N3CCCC3c3nnc4ccccn34)ccc2N1. The second-order valence-electron chi connectivity index (χ2n) is 7.39. The van der Waals surface area contributed by atoms with Gasteiger partial charge in [-0.2, -0.15) is 0 Å².